The van der Waals surface area contributed by atoms with Crippen molar-refractivity contribution < 1.29 is 14.7 Å². The van der Waals surface area contributed by atoms with Crippen LogP contribution in [0.3, 0.4) is 0 Å². The van der Waals surface area contributed by atoms with Gasteiger partial charge < -0.3 is 5.11 Å². The highest BCUT2D eigenvalue weighted by atomic mass is 32.1. The minimum atomic E-state index is -1.12. The van der Waals surface area contributed by atoms with Crippen LogP contribution in [0.2, 0.25) is 0 Å². The third-order valence-corrected chi connectivity index (χ3v) is 4.13. The van der Waals surface area contributed by atoms with Gasteiger partial charge in [-0.3, -0.25) is 9.59 Å². The van der Waals surface area contributed by atoms with E-state index in [0.29, 0.717) is 17.7 Å². The van der Waals surface area contributed by atoms with Gasteiger partial charge in [0.05, 0.1) is 4.88 Å². The van der Waals surface area contributed by atoms with Gasteiger partial charge >= 0.3 is 5.97 Å². The number of carbonyl (C=O) groups is 2. The average Bonchev–Trinajstić information content (AvgIpc) is 2.48. The lowest BCUT2D eigenvalue weighted by atomic mass is 9.65. The topological polar surface area (TPSA) is 54.4 Å². The van der Waals surface area contributed by atoms with Gasteiger partial charge in [0.2, 0.25) is 0 Å². The second-order valence-corrected chi connectivity index (χ2v) is 4.92. The average molecular weight is 224 g/mol. The molecule has 1 aromatic rings. The Hall–Kier alpha value is -1.16. The zero-order valence-electron chi connectivity index (χ0n) is 8.45. The zero-order chi connectivity index (χ0) is 11.1. The van der Waals surface area contributed by atoms with E-state index in [2.05, 4.69) is 0 Å². The molecule has 80 valence electrons. The normalized spacial score (nSPS) is 18.2. The molecule has 0 atom stereocenters. The largest absolute Gasteiger partial charge is 0.480 e. The van der Waals surface area contributed by atoms with E-state index in [9.17, 15) is 9.59 Å². The molecule has 0 amide bonds. The summed E-state index contributed by atoms with van der Waals surface area (Å²) in [5, 5.41) is 11.0. The Morgan fingerprint density at radius 1 is 1.47 bits per heavy atom. The molecule has 0 saturated heterocycles. The van der Waals surface area contributed by atoms with Crippen LogP contribution < -0.4 is 0 Å². The van der Waals surface area contributed by atoms with Gasteiger partial charge in [0, 0.05) is 0 Å². The van der Waals surface area contributed by atoms with Crippen molar-refractivity contribution in [2.24, 2.45) is 5.41 Å². The highest BCUT2D eigenvalue weighted by molar-refractivity contribution is 7.12. The van der Waals surface area contributed by atoms with E-state index in [1.165, 1.54) is 11.3 Å². The van der Waals surface area contributed by atoms with Crippen LogP contribution in [0.4, 0.5) is 0 Å². The van der Waals surface area contributed by atoms with Gasteiger partial charge in [-0.15, -0.1) is 11.3 Å². The van der Waals surface area contributed by atoms with Crippen molar-refractivity contribution in [2.75, 3.05) is 0 Å². The van der Waals surface area contributed by atoms with E-state index in [1.54, 1.807) is 0 Å². The lowest BCUT2D eigenvalue weighted by Gasteiger charge is -2.35. The predicted molar refractivity (Wildman–Crippen MR) is 57.3 cm³/mol. The SMILES string of the molecule is Cc1ccsc1C(=O)C1(C(=O)O)CCC1. The van der Waals surface area contributed by atoms with Crippen LogP contribution in [-0.4, -0.2) is 16.9 Å². The lowest BCUT2D eigenvalue weighted by molar-refractivity contribution is -0.150. The predicted octanol–water partition coefficient (Wildman–Crippen LogP) is 2.49. The first-order valence-electron chi connectivity index (χ1n) is 4.90. The molecule has 3 nitrogen and oxygen atoms in total. The number of hydrogen-bond acceptors (Lipinski definition) is 3. The summed E-state index contributed by atoms with van der Waals surface area (Å²) < 4.78 is 0. The number of Topliss-reactive ketones (excluding diaryl/α,β-unsaturated/α-hetero) is 1. The first-order chi connectivity index (χ1) is 7.08. The summed E-state index contributed by atoms with van der Waals surface area (Å²) in [6, 6.07) is 1.85. The van der Waals surface area contributed by atoms with Crippen molar-refractivity contribution in [1.29, 1.82) is 0 Å². The molecular weight excluding hydrogens is 212 g/mol. The Kier molecular flexibility index (Phi) is 2.38. The van der Waals surface area contributed by atoms with Gasteiger partial charge in [-0.25, -0.2) is 0 Å². The maximum Gasteiger partial charge on any atom is 0.317 e. The molecule has 0 unspecified atom stereocenters. The van der Waals surface area contributed by atoms with Crippen molar-refractivity contribution in [3.8, 4) is 0 Å². The molecule has 1 heterocycles. The van der Waals surface area contributed by atoms with E-state index >= 15 is 0 Å². The molecule has 15 heavy (non-hydrogen) atoms. The van der Waals surface area contributed by atoms with Crippen LogP contribution in [0.5, 0.6) is 0 Å². The maximum absolute atomic E-state index is 12.1. The van der Waals surface area contributed by atoms with Crippen LogP contribution in [0.1, 0.15) is 34.5 Å². The zero-order valence-corrected chi connectivity index (χ0v) is 9.26. The number of aliphatic carboxylic acids is 1. The van der Waals surface area contributed by atoms with E-state index in [0.717, 1.165) is 12.0 Å². The van der Waals surface area contributed by atoms with Crippen LogP contribution in [-0.2, 0) is 4.79 Å². The molecule has 1 aliphatic rings. The van der Waals surface area contributed by atoms with Crippen molar-refractivity contribution in [3.63, 3.8) is 0 Å². The lowest BCUT2D eigenvalue weighted by Crippen LogP contribution is -2.45. The molecule has 1 saturated carbocycles. The van der Waals surface area contributed by atoms with Crippen molar-refractivity contribution in [1.82, 2.24) is 0 Å². The second kappa shape index (κ2) is 3.45. The molecule has 0 radical (unpaired) electrons. The Morgan fingerprint density at radius 2 is 2.13 bits per heavy atom. The standard InChI is InChI=1S/C11H12O3S/c1-7-3-6-15-8(7)9(12)11(10(13)14)4-2-5-11/h3,6H,2,4-5H2,1H3,(H,13,14). The number of thiophene rings is 1. The molecule has 4 heteroatoms. The summed E-state index contributed by atoms with van der Waals surface area (Å²) in [7, 11) is 0. The third-order valence-electron chi connectivity index (χ3n) is 3.12. The van der Waals surface area contributed by atoms with Crippen molar-refractivity contribution in [3.05, 3.63) is 21.9 Å². The van der Waals surface area contributed by atoms with E-state index in [4.69, 9.17) is 5.11 Å². The van der Waals surface area contributed by atoms with Crippen LogP contribution in [0.25, 0.3) is 0 Å². The molecule has 0 aromatic carbocycles. The van der Waals surface area contributed by atoms with E-state index in [1.807, 2.05) is 18.4 Å². The molecule has 0 spiro atoms. The van der Waals surface area contributed by atoms with Crippen LogP contribution >= 0.6 is 11.3 Å². The molecule has 0 bridgehead atoms. The van der Waals surface area contributed by atoms with Gasteiger partial charge in [0.1, 0.15) is 5.41 Å². The molecule has 2 rings (SSSR count). The molecule has 1 aliphatic carbocycles. The van der Waals surface area contributed by atoms with Gasteiger partial charge in [-0.2, -0.15) is 0 Å². The number of aryl methyl sites for hydroxylation is 1. The number of ketones is 1. The molecule has 1 N–H and O–H groups in total. The fraction of sp³-hybridized carbons (Fsp3) is 0.455. The number of rotatable bonds is 3. The highest BCUT2D eigenvalue weighted by Gasteiger charge is 2.51. The Labute approximate surface area is 91.7 Å². The number of carboxylic acids is 1. The Bertz CT molecular complexity index is 415. The Morgan fingerprint density at radius 3 is 2.47 bits per heavy atom. The highest BCUT2D eigenvalue weighted by Crippen LogP contribution is 2.45. The summed E-state index contributed by atoms with van der Waals surface area (Å²) >= 11 is 1.34. The number of carbonyl (C=O) groups excluding carboxylic acids is 1. The fourth-order valence-corrected chi connectivity index (χ4v) is 2.86. The smallest absolute Gasteiger partial charge is 0.317 e. The van der Waals surface area contributed by atoms with Crippen molar-refractivity contribution >= 4 is 23.1 Å². The molecule has 1 aromatic heterocycles. The summed E-state index contributed by atoms with van der Waals surface area (Å²) in [6.45, 7) is 1.85. The van der Waals surface area contributed by atoms with Gasteiger partial charge in [0.25, 0.3) is 0 Å². The first kappa shape index (κ1) is 10.4. The van der Waals surface area contributed by atoms with Gasteiger partial charge in [0.15, 0.2) is 5.78 Å². The quantitative estimate of drug-likeness (QED) is 0.634. The van der Waals surface area contributed by atoms with Gasteiger partial charge in [-0.05, 0) is 36.8 Å². The second-order valence-electron chi connectivity index (χ2n) is 4.00. The van der Waals surface area contributed by atoms with Crippen LogP contribution in [0.15, 0.2) is 11.4 Å². The van der Waals surface area contributed by atoms with Crippen molar-refractivity contribution in [2.45, 2.75) is 26.2 Å². The molecule has 1 fully saturated rings. The van der Waals surface area contributed by atoms with E-state index < -0.39 is 11.4 Å². The summed E-state index contributed by atoms with van der Waals surface area (Å²) in [5.41, 5.74) is -0.229. The van der Waals surface area contributed by atoms with Gasteiger partial charge in [-0.1, -0.05) is 6.42 Å². The number of carboxylic acid groups (broad SMARTS) is 1. The number of hydrogen-bond donors (Lipinski definition) is 1. The van der Waals surface area contributed by atoms with E-state index in [-0.39, 0.29) is 5.78 Å². The molecule has 0 aliphatic heterocycles. The maximum atomic E-state index is 12.1. The monoisotopic (exact) mass is 224 g/mol. The molecular formula is C11H12O3S. The third kappa shape index (κ3) is 1.40. The van der Waals surface area contributed by atoms with Crippen LogP contribution in [0, 0.1) is 12.3 Å². The fourth-order valence-electron chi connectivity index (χ4n) is 1.89. The minimum Gasteiger partial charge on any atom is -0.480 e. The summed E-state index contributed by atoms with van der Waals surface area (Å²) in [6.07, 6.45) is 1.81. The summed E-state index contributed by atoms with van der Waals surface area (Å²) in [5.74, 6) is -1.17. The Balaban J connectivity index is 2.35. The minimum absolute atomic E-state index is 0.200. The summed E-state index contributed by atoms with van der Waals surface area (Å²) in [4.78, 5) is 23.8. The first-order valence-corrected chi connectivity index (χ1v) is 5.78.